The van der Waals surface area contributed by atoms with E-state index in [4.69, 9.17) is 5.73 Å². The Morgan fingerprint density at radius 1 is 1.54 bits per heavy atom. The summed E-state index contributed by atoms with van der Waals surface area (Å²) in [7, 11) is 0. The van der Waals surface area contributed by atoms with Crippen molar-refractivity contribution in [2.75, 3.05) is 12.4 Å². The first-order chi connectivity index (χ1) is 6.29. The average Bonchev–Trinajstić information content (AvgIpc) is 2.94. The van der Waals surface area contributed by atoms with Gasteiger partial charge in [-0.3, -0.25) is 0 Å². The number of hydrogen-bond acceptors (Lipinski definition) is 3. The van der Waals surface area contributed by atoms with Gasteiger partial charge in [0.1, 0.15) is 0 Å². The molecule has 0 radical (unpaired) electrons. The molecule has 0 aromatic carbocycles. The molecule has 2 atom stereocenters. The topological polar surface area (TPSA) is 46.2 Å². The van der Waals surface area contributed by atoms with Gasteiger partial charge in [0, 0.05) is 11.3 Å². The van der Waals surface area contributed by atoms with Crippen molar-refractivity contribution in [3.8, 4) is 0 Å². The Labute approximate surface area is 85.3 Å². The zero-order chi connectivity index (χ0) is 9.68. The number of hydrogen-bond donors (Lipinski definition) is 2. The largest absolute Gasteiger partial charge is 0.395 e. The lowest BCUT2D eigenvalue weighted by atomic mass is 10.1. The summed E-state index contributed by atoms with van der Waals surface area (Å²) in [5.74, 6) is 1.84. The SMILES string of the molecule is CCCCSC(CO)C(N)C1CC1. The van der Waals surface area contributed by atoms with Crippen LogP contribution in [0.5, 0.6) is 0 Å². The normalized spacial score (nSPS) is 21.5. The summed E-state index contributed by atoms with van der Waals surface area (Å²) < 4.78 is 0. The van der Waals surface area contributed by atoms with Crippen molar-refractivity contribution in [3.63, 3.8) is 0 Å². The quantitative estimate of drug-likeness (QED) is 0.618. The maximum absolute atomic E-state index is 9.17. The van der Waals surface area contributed by atoms with Crippen molar-refractivity contribution < 1.29 is 5.11 Å². The molecular formula is C10H21NOS. The van der Waals surface area contributed by atoms with Crippen LogP contribution in [-0.4, -0.2) is 28.8 Å². The van der Waals surface area contributed by atoms with Crippen molar-refractivity contribution >= 4 is 11.8 Å². The van der Waals surface area contributed by atoms with Gasteiger partial charge in [-0.15, -0.1) is 0 Å². The predicted molar refractivity (Wildman–Crippen MR) is 58.9 cm³/mol. The summed E-state index contributed by atoms with van der Waals surface area (Å²) in [6, 6.07) is 0.229. The fraction of sp³-hybridized carbons (Fsp3) is 1.00. The van der Waals surface area contributed by atoms with Gasteiger partial charge in [0.05, 0.1) is 6.61 Å². The van der Waals surface area contributed by atoms with Gasteiger partial charge in [0.2, 0.25) is 0 Å². The van der Waals surface area contributed by atoms with Crippen molar-refractivity contribution in [3.05, 3.63) is 0 Å². The Hall–Kier alpha value is 0.270. The lowest BCUT2D eigenvalue weighted by Crippen LogP contribution is -2.37. The summed E-state index contributed by atoms with van der Waals surface area (Å²) in [5, 5.41) is 9.45. The van der Waals surface area contributed by atoms with E-state index >= 15 is 0 Å². The van der Waals surface area contributed by atoms with E-state index < -0.39 is 0 Å². The van der Waals surface area contributed by atoms with Crippen LogP contribution in [0.3, 0.4) is 0 Å². The highest BCUT2D eigenvalue weighted by molar-refractivity contribution is 7.99. The maximum atomic E-state index is 9.17. The second-order valence-corrected chi connectivity index (χ2v) is 5.21. The number of aliphatic hydroxyl groups excluding tert-OH is 1. The minimum absolute atomic E-state index is 0.229. The van der Waals surface area contributed by atoms with E-state index in [-0.39, 0.29) is 17.9 Å². The highest BCUT2D eigenvalue weighted by atomic mass is 32.2. The fourth-order valence-corrected chi connectivity index (χ4v) is 2.76. The predicted octanol–water partition coefficient (Wildman–Crippen LogP) is 1.62. The van der Waals surface area contributed by atoms with Crippen LogP contribution in [0.4, 0.5) is 0 Å². The van der Waals surface area contributed by atoms with E-state index in [0.29, 0.717) is 5.92 Å². The Bertz CT molecular complexity index is 139. The first-order valence-electron chi connectivity index (χ1n) is 5.27. The molecule has 3 N–H and O–H groups in total. The second-order valence-electron chi connectivity index (χ2n) is 3.86. The molecule has 1 fully saturated rings. The summed E-state index contributed by atoms with van der Waals surface area (Å²) in [6.45, 7) is 2.43. The molecule has 0 amide bonds. The molecule has 1 aliphatic rings. The van der Waals surface area contributed by atoms with Crippen LogP contribution in [0.25, 0.3) is 0 Å². The van der Waals surface area contributed by atoms with E-state index in [1.165, 1.54) is 25.7 Å². The van der Waals surface area contributed by atoms with Gasteiger partial charge in [-0.25, -0.2) is 0 Å². The molecule has 0 saturated heterocycles. The van der Waals surface area contributed by atoms with Crippen LogP contribution in [-0.2, 0) is 0 Å². The number of nitrogens with two attached hydrogens (primary N) is 1. The van der Waals surface area contributed by atoms with Gasteiger partial charge in [0.15, 0.2) is 0 Å². The third-order valence-corrected chi connectivity index (χ3v) is 4.02. The Balaban J connectivity index is 2.16. The summed E-state index contributed by atoms with van der Waals surface area (Å²) in [5.41, 5.74) is 6.04. The van der Waals surface area contributed by atoms with Crippen molar-refractivity contribution in [1.82, 2.24) is 0 Å². The summed E-state index contributed by atoms with van der Waals surface area (Å²) >= 11 is 1.85. The monoisotopic (exact) mass is 203 g/mol. The highest BCUT2D eigenvalue weighted by Crippen LogP contribution is 2.35. The van der Waals surface area contributed by atoms with Crippen LogP contribution >= 0.6 is 11.8 Å². The standard InChI is InChI=1S/C10H21NOS/c1-2-3-6-13-9(7-12)10(11)8-4-5-8/h8-10,12H,2-7,11H2,1H3. The molecule has 0 bridgehead atoms. The third kappa shape index (κ3) is 3.88. The lowest BCUT2D eigenvalue weighted by molar-refractivity contribution is 0.277. The van der Waals surface area contributed by atoms with Crippen LogP contribution in [0.1, 0.15) is 32.6 Å². The van der Waals surface area contributed by atoms with Crippen LogP contribution < -0.4 is 5.73 Å². The first-order valence-corrected chi connectivity index (χ1v) is 6.32. The zero-order valence-corrected chi connectivity index (χ0v) is 9.22. The van der Waals surface area contributed by atoms with Gasteiger partial charge >= 0.3 is 0 Å². The molecule has 0 aliphatic heterocycles. The minimum atomic E-state index is 0.229. The number of rotatable bonds is 7. The summed E-state index contributed by atoms with van der Waals surface area (Å²) in [4.78, 5) is 0. The number of aliphatic hydroxyl groups is 1. The third-order valence-electron chi connectivity index (χ3n) is 2.61. The minimum Gasteiger partial charge on any atom is -0.395 e. The second kappa shape index (κ2) is 5.89. The molecule has 0 heterocycles. The smallest absolute Gasteiger partial charge is 0.0565 e. The van der Waals surface area contributed by atoms with Crippen LogP contribution in [0.2, 0.25) is 0 Å². The van der Waals surface area contributed by atoms with Crippen molar-refractivity contribution in [2.24, 2.45) is 11.7 Å². The molecular weight excluding hydrogens is 182 g/mol. The van der Waals surface area contributed by atoms with E-state index in [0.717, 1.165) is 5.75 Å². The van der Waals surface area contributed by atoms with Gasteiger partial charge in [-0.05, 0) is 30.9 Å². The molecule has 1 aliphatic carbocycles. The highest BCUT2D eigenvalue weighted by Gasteiger charge is 2.33. The molecule has 1 saturated carbocycles. The molecule has 78 valence electrons. The number of thioether (sulfide) groups is 1. The molecule has 2 unspecified atom stereocenters. The molecule has 13 heavy (non-hydrogen) atoms. The molecule has 1 rings (SSSR count). The zero-order valence-electron chi connectivity index (χ0n) is 8.41. The maximum Gasteiger partial charge on any atom is 0.0565 e. The van der Waals surface area contributed by atoms with E-state index in [9.17, 15) is 5.11 Å². The molecule has 3 heteroatoms. The van der Waals surface area contributed by atoms with Gasteiger partial charge in [-0.1, -0.05) is 13.3 Å². The van der Waals surface area contributed by atoms with Crippen molar-refractivity contribution in [1.29, 1.82) is 0 Å². The molecule has 0 spiro atoms. The van der Waals surface area contributed by atoms with E-state index in [1.807, 2.05) is 11.8 Å². The Morgan fingerprint density at radius 3 is 2.69 bits per heavy atom. The van der Waals surface area contributed by atoms with E-state index in [1.54, 1.807) is 0 Å². The molecule has 0 aromatic rings. The van der Waals surface area contributed by atoms with Gasteiger partial charge < -0.3 is 10.8 Å². The van der Waals surface area contributed by atoms with E-state index in [2.05, 4.69) is 6.92 Å². The molecule has 0 aromatic heterocycles. The Morgan fingerprint density at radius 2 is 2.23 bits per heavy atom. The first kappa shape index (κ1) is 11.3. The lowest BCUT2D eigenvalue weighted by Gasteiger charge is -2.20. The number of unbranched alkanes of at least 4 members (excludes halogenated alkanes) is 1. The average molecular weight is 203 g/mol. The summed E-state index contributed by atoms with van der Waals surface area (Å²) in [6.07, 6.45) is 5.00. The van der Waals surface area contributed by atoms with Crippen LogP contribution in [0, 0.1) is 5.92 Å². The van der Waals surface area contributed by atoms with Crippen molar-refractivity contribution in [2.45, 2.75) is 43.9 Å². The molecule has 2 nitrogen and oxygen atoms in total. The van der Waals surface area contributed by atoms with Gasteiger partial charge in [-0.2, -0.15) is 11.8 Å². The van der Waals surface area contributed by atoms with Gasteiger partial charge in [0.25, 0.3) is 0 Å². The van der Waals surface area contributed by atoms with Crippen LogP contribution in [0.15, 0.2) is 0 Å². The Kier molecular flexibility index (Phi) is 5.14. The fourth-order valence-electron chi connectivity index (χ4n) is 1.45.